The van der Waals surface area contributed by atoms with Crippen LogP contribution in [0.15, 0.2) is 79.5 Å². The summed E-state index contributed by atoms with van der Waals surface area (Å²) in [5.74, 6) is -0.320. The highest BCUT2D eigenvalue weighted by molar-refractivity contribution is 6.00. The molecular formula is C21H17FN4O2. The summed E-state index contributed by atoms with van der Waals surface area (Å²) >= 11 is 0. The first-order chi connectivity index (χ1) is 13.5. The normalized spacial score (nSPS) is 10.0. The monoisotopic (exact) mass is 376 g/mol. The van der Waals surface area contributed by atoms with E-state index >= 15 is 0 Å². The van der Waals surface area contributed by atoms with E-state index in [1.165, 1.54) is 24.3 Å². The summed E-state index contributed by atoms with van der Waals surface area (Å²) in [5, 5.41) is 7.82. The summed E-state index contributed by atoms with van der Waals surface area (Å²) < 4.78 is 13.2. The number of carbonyl (C=O) groups is 2. The SMILES string of the molecule is C=CC(=O)Nc1ccc(-c2ccc(NC(=O)Nc3cccc(F)c3)cc2)cn1. The first-order valence-corrected chi connectivity index (χ1v) is 8.37. The van der Waals surface area contributed by atoms with Crippen molar-refractivity contribution in [3.63, 3.8) is 0 Å². The second-order valence-corrected chi connectivity index (χ2v) is 5.79. The Morgan fingerprint density at radius 3 is 2.25 bits per heavy atom. The van der Waals surface area contributed by atoms with Gasteiger partial charge in [-0.3, -0.25) is 4.79 Å². The maximum absolute atomic E-state index is 13.2. The molecule has 140 valence electrons. The lowest BCUT2D eigenvalue weighted by atomic mass is 10.1. The molecule has 0 spiro atoms. The largest absolute Gasteiger partial charge is 0.323 e. The molecule has 6 nitrogen and oxygen atoms in total. The lowest BCUT2D eigenvalue weighted by Crippen LogP contribution is -2.19. The van der Waals surface area contributed by atoms with Crippen molar-refractivity contribution in [2.45, 2.75) is 0 Å². The van der Waals surface area contributed by atoms with Crippen LogP contribution in [0, 0.1) is 5.82 Å². The number of aromatic nitrogens is 1. The first-order valence-electron chi connectivity index (χ1n) is 8.37. The predicted octanol–water partition coefficient (Wildman–Crippen LogP) is 4.66. The molecule has 0 radical (unpaired) electrons. The first kappa shape index (κ1) is 18.8. The van der Waals surface area contributed by atoms with Crippen molar-refractivity contribution in [1.82, 2.24) is 4.98 Å². The van der Waals surface area contributed by atoms with E-state index < -0.39 is 11.8 Å². The van der Waals surface area contributed by atoms with Crippen molar-refractivity contribution in [1.29, 1.82) is 0 Å². The predicted molar refractivity (Wildman–Crippen MR) is 108 cm³/mol. The lowest BCUT2D eigenvalue weighted by molar-refractivity contribution is -0.111. The molecule has 0 saturated carbocycles. The fraction of sp³-hybridized carbons (Fsp3) is 0. The number of nitrogens with one attached hydrogen (secondary N) is 3. The number of anilines is 3. The fourth-order valence-corrected chi connectivity index (χ4v) is 2.42. The highest BCUT2D eigenvalue weighted by Gasteiger charge is 2.05. The highest BCUT2D eigenvalue weighted by atomic mass is 19.1. The van der Waals surface area contributed by atoms with Gasteiger partial charge in [-0.05, 0) is 54.1 Å². The number of pyridine rings is 1. The standard InChI is InChI=1S/C21H17FN4O2/c1-2-20(27)26-19-11-8-15(13-23-19)14-6-9-17(10-7-14)24-21(28)25-18-5-3-4-16(22)12-18/h2-13H,1H2,(H,23,26,27)(H2,24,25,28). The summed E-state index contributed by atoms with van der Waals surface area (Å²) in [6.45, 7) is 3.39. The van der Waals surface area contributed by atoms with Crippen molar-refractivity contribution in [3.05, 3.63) is 85.3 Å². The van der Waals surface area contributed by atoms with Crippen molar-refractivity contribution in [2.75, 3.05) is 16.0 Å². The van der Waals surface area contributed by atoms with Crippen molar-refractivity contribution in [2.24, 2.45) is 0 Å². The number of carbonyl (C=O) groups excluding carboxylic acids is 2. The van der Waals surface area contributed by atoms with Crippen LogP contribution in [0.25, 0.3) is 11.1 Å². The van der Waals surface area contributed by atoms with E-state index in [0.717, 1.165) is 11.1 Å². The van der Waals surface area contributed by atoms with E-state index in [1.807, 2.05) is 18.2 Å². The van der Waals surface area contributed by atoms with Crippen LogP contribution < -0.4 is 16.0 Å². The van der Waals surface area contributed by atoms with Crippen LogP contribution in [0.3, 0.4) is 0 Å². The Kier molecular flexibility index (Phi) is 5.76. The lowest BCUT2D eigenvalue weighted by Gasteiger charge is -2.09. The molecule has 0 fully saturated rings. The number of benzene rings is 2. The smallest absolute Gasteiger partial charge is 0.308 e. The second kappa shape index (κ2) is 8.59. The van der Waals surface area contributed by atoms with Crippen LogP contribution in [0.2, 0.25) is 0 Å². The minimum Gasteiger partial charge on any atom is -0.308 e. The third kappa shape index (κ3) is 5.01. The molecular weight excluding hydrogens is 359 g/mol. The number of hydrogen-bond acceptors (Lipinski definition) is 3. The van der Waals surface area contributed by atoms with Crippen LogP contribution >= 0.6 is 0 Å². The number of urea groups is 1. The van der Waals surface area contributed by atoms with Crippen LogP contribution in [0.4, 0.5) is 26.4 Å². The average molecular weight is 376 g/mol. The van der Waals surface area contributed by atoms with Gasteiger partial charge in [0.25, 0.3) is 0 Å². The van der Waals surface area contributed by atoms with Gasteiger partial charge in [0, 0.05) is 23.1 Å². The number of hydrogen-bond donors (Lipinski definition) is 3. The number of nitrogens with zero attached hydrogens (tertiary/aromatic N) is 1. The number of rotatable bonds is 5. The number of halogens is 1. The van der Waals surface area contributed by atoms with Crippen molar-refractivity contribution < 1.29 is 14.0 Å². The van der Waals surface area contributed by atoms with E-state index in [0.29, 0.717) is 17.2 Å². The minimum atomic E-state index is -0.470. The van der Waals surface area contributed by atoms with Crippen molar-refractivity contribution >= 4 is 29.1 Å². The quantitative estimate of drug-likeness (QED) is 0.567. The zero-order chi connectivity index (χ0) is 19.9. The van der Waals surface area contributed by atoms with Gasteiger partial charge in [0.2, 0.25) is 5.91 Å². The van der Waals surface area contributed by atoms with Crippen LogP contribution in [0.5, 0.6) is 0 Å². The molecule has 0 aliphatic rings. The van der Waals surface area contributed by atoms with Gasteiger partial charge in [0.15, 0.2) is 0 Å². The third-order valence-corrected chi connectivity index (χ3v) is 3.76. The molecule has 0 unspecified atom stereocenters. The van der Waals surface area contributed by atoms with E-state index in [2.05, 4.69) is 27.5 Å². The Balaban J connectivity index is 1.62. The summed E-state index contributed by atoms with van der Waals surface area (Å²) in [6, 6.07) is 15.8. The van der Waals surface area contributed by atoms with Crippen LogP contribution in [0.1, 0.15) is 0 Å². The minimum absolute atomic E-state index is 0.327. The van der Waals surface area contributed by atoms with Gasteiger partial charge in [-0.15, -0.1) is 0 Å². The molecule has 1 heterocycles. The zero-order valence-corrected chi connectivity index (χ0v) is 14.8. The molecule has 3 rings (SSSR count). The molecule has 0 saturated heterocycles. The maximum Gasteiger partial charge on any atom is 0.323 e. The Hall–Kier alpha value is -4.00. The van der Waals surface area contributed by atoms with Gasteiger partial charge in [-0.25, -0.2) is 14.2 Å². The Bertz CT molecular complexity index is 1000. The second-order valence-electron chi connectivity index (χ2n) is 5.79. The summed E-state index contributed by atoms with van der Waals surface area (Å²) in [7, 11) is 0. The Morgan fingerprint density at radius 1 is 0.893 bits per heavy atom. The van der Waals surface area contributed by atoms with Gasteiger partial charge >= 0.3 is 6.03 Å². The van der Waals surface area contributed by atoms with E-state index in [1.54, 1.807) is 30.5 Å². The van der Waals surface area contributed by atoms with Crippen LogP contribution in [-0.4, -0.2) is 16.9 Å². The average Bonchev–Trinajstić information content (AvgIpc) is 2.69. The van der Waals surface area contributed by atoms with Gasteiger partial charge in [-0.1, -0.05) is 24.8 Å². The van der Waals surface area contributed by atoms with E-state index in [4.69, 9.17) is 0 Å². The topological polar surface area (TPSA) is 83.1 Å². The fourth-order valence-electron chi connectivity index (χ4n) is 2.42. The van der Waals surface area contributed by atoms with Gasteiger partial charge in [0.05, 0.1) is 0 Å². The Morgan fingerprint density at radius 2 is 1.61 bits per heavy atom. The molecule has 2 aromatic carbocycles. The molecule has 7 heteroatoms. The van der Waals surface area contributed by atoms with Gasteiger partial charge in [0.1, 0.15) is 11.6 Å². The molecule has 3 amide bonds. The molecule has 28 heavy (non-hydrogen) atoms. The van der Waals surface area contributed by atoms with Crippen molar-refractivity contribution in [3.8, 4) is 11.1 Å². The Labute approximate surface area is 161 Å². The summed E-state index contributed by atoms with van der Waals surface area (Å²) in [4.78, 5) is 27.4. The summed E-state index contributed by atoms with van der Waals surface area (Å²) in [5.41, 5.74) is 2.70. The molecule has 3 N–H and O–H groups in total. The van der Waals surface area contributed by atoms with E-state index in [9.17, 15) is 14.0 Å². The molecule has 0 atom stereocenters. The van der Waals surface area contributed by atoms with Crippen LogP contribution in [-0.2, 0) is 4.79 Å². The number of amides is 3. The summed E-state index contributed by atoms with van der Waals surface area (Å²) in [6.07, 6.45) is 2.81. The van der Waals surface area contributed by atoms with Gasteiger partial charge in [-0.2, -0.15) is 0 Å². The van der Waals surface area contributed by atoms with Gasteiger partial charge < -0.3 is 16.0 Å². The van der Waals surface area contributed by atoms with E-state index in [-0.39, 0.29) is 5.91 Å². The highest BCUT2D eigenvalue weighted by Crippen LogP contribution is 2.22. The third-order valence-electron chi connectivity index (χ3n) is 3.76. The molecule has 0 aliphatic carbocycles. The zero-order valence-electron chi connectivity index (χ0n) is 14.8. The molecule has 1 aromatic heterocycles. The maximum atomic E-state index is 13.2. The molecule has 3 aromatic rings. The molecule has 0 aliphatic heterocycles. The molecule has 0 bridgehead atoms.